The molecule has 0 aromatic heterocycles. The van der Waals surface area contributed by atoms with Crippen LogP contribution in [0, 0.1) is 18.2 Å². The number of amides is 2. The van der Waals surface area contributed by atoms with Crippen LogP contribution >= 0.6 is 0 Å². The highest BCUT2D eigenvalue weighted by Gasteiger charge is 2.26. The number of nitrogens with one attached hydrogen (secondary N) is 2. The molecule has 3 N–H and O–H groups in total. The number of halogens is 1. The number of rotatable bonds is 9. The Hall–Kier alpha value is -2.88. The molecule has 0 bridgehead atoms. The summed E-state index contributed by atoms with van der Waals surface area (Å²) in [6.07, 6.45) is 6.20. The van der Waals surface area contributed by atoms with Crippen molar-refractivity contribution in [2.75, 3.05) is 0 Å². The predicted molar refractivity (Wildman–Crippen MR) is 90.0 cm³/mol. The molecule has 1 aromatic rings. The number of unbranched alkanes of at least 4 members (excludes halogenated alkanes) is 1. The van der Waals surface area contributed by atoms with Gasteiger partial charge in [0.15, 0.2) is 0 Å². The number of benzene rings is 1. The largest absolute Gasteiger partial charge is 0.480 e. The summed E-state index contributed by atoms with van der Waals surface area (Å²) in [4.78, 5) is 35.0. The summed E-state index contributed by atoms with van der Waals surface area (Å²) in [7, 11) is 0. The number of hydrogen-bond acceptors (Lipinski definition) is 3. The Morgan fingerprint density at radius 3 is 2.56 bits per heavy atom. The van der Waals surface area contributed by atoms with Crippen molar-refractivity contribution in [1.82, 2.24) is 10.6 Å². The molecule has 0 saturated heterocycles. The van der Waals surface area contributed by atoms with Crippen molar-refractivity contribution in [2.45, 2.75) is 44.7 Å². The van der Waals surface area contributed by atoms with Gasteiger partial charge in [-0.05, 0) is 30.5 Å². The molecule has 0 aliphatic carbocycles. The highest BCUT2D eigenvalue weighted by molar-refractivity contribution is 5.90. The lowest BCUT2D eigenvalue weighted by atomic mass is 10.0. The summed E-state index contributed by atoms with van der Waals surface area (Å²) in [5.74, 6) is -0.334. The third-order valence-electron chi connectivity index (χ3n) is 3.45. The summed E-state index contributed by atoms with van der Waals surface area (Å²) in [6.45, 7) is 1.24. The molecule has 0 aliphatic rings. The van der Waals surface area contributed by atoms with E-state index in [0.29, 0.717) is 18.4 Å². The molecule has 2 amide bonds. The van der Waals surface area contributed by atoms with E-state index in [9.17, 15) is 23.9 Å². The lowest BCUT2D eigenvalue weighted by Crippen LogP contribution is -2.52. The van der Waals surface area contributed by atoms with Crippen molar-refractivity contribution in [3.63, 3.8) is 0 Å². The van der Waals surface area contributed by atoms with Gasteiger partial charge in [-0.3, -0.25) is 9.59 Å². The van der Waals surface area contributed by atoms with Gasteiger partial charge in [0.2, 0.25) is 11.8 Å². The van der Waals surface area contributed by atoms with Gasteiger partial charge in [0, 0.05) is 19.8 Å². The van der Waals surface area contributed by atoms with Crippen molar-refractivity contribution in [3.05, 3.63) is 35.6 Å². The number of hydrogen-bond donors (Lipinski definition) is 3. The third-order valence-corrected chi connectivity index (χ3v) is 3.45. The van der Waals surface area contributed by atoms with Crippen molar-refractivity contribution in [2.24, 2.45) is 0 Å². The van der Waals surface area contributed by atoms with Gasteiger partial charge >= 0.3 is 5.97 Å². The molecule has 0 saturated carbocycles. The van der Waals surface area contributed by atoms with Gasteiger partial charge < -0.3 is 15.7 Å². The molecule has 1 rings (SSSR count). The second kappa shape index (κ2) is 10.1. The average Bonchev–Trinajstić information content (AvgIpc) is 2.52. The fourth-order valence-electron chi connectivity index (χ4n) is 2.29. The van der Waals surface area contributed by atoms with E-state index >= 15 is 0 Å². The summed E-state index contributed by atoms with van der Waals surface area (Å²) >= 11 is 0. The zero-order chi connectivity index (χ0) is 18.8. The number of aliphatic carboxylic acids is 1. The summed E-state index contributed by atoms with van der Waals surface area (Å²) in [5, 5.41) is 14.1. The van der Waals surface area contributed by atoms with Crippen LogP contribution in [-0.2, 0) is 20.8 Å². The average molecular weight is 348 g/mol. The van der Waals surface area contributed by atoms with E-state index in [4.69, 9.17) is 6.42 Å². The number of carboxylic acid groups (broad SMARTS) is 1. The predicted octanol–water partition coefficient (Wildman–Crippen LogP) is 1.25. The van der Waals surface area contributed by atoms with Crippen LogP contribution < -0.4 is 10.6 Å². The first-order valence-corrected chi connectivity index (χ1v) is 7.81. The molecule has 0 heterocycles. The molecule has 0 fully saturated rings. The summed E-state index contributed by atoms with van der Waals surface area (Å²) < 4.78 is 13.3. The number of carbonyl (C=O) groups is 3. The molecule has 0 radical (unpaired) electrons. The molecule has 6 nitrogen and oxygen atoms in total. The smallest absolute Gasteiger partial charge is 0.326 e. The monoisotopic (exact) mass is 348 g/mol. The van der Waals surface area contributed by atoms with E-state index < -0.39 is 35.7 Å². The summed E-state index contributed by atoms with van der Waals surface area (Å²) in [5.41, 5.74) is 0.508. The Bertz CT molecular complexity index is 669. The van der Waals surface area contributed by atoms with E-state index in [-0.39, 0.29) is 12.8 Å². The molecule has 134 valence electrons. The van der Waals surface area contributed by atoms with Crippen LogP contribution in [0.5, 0.6) is 0 Å². The van der Waals surface area contributed by atoms with Gasteiger partial charge in [0.05, 0.1) is 0 Å². The molecule has 0 aliphatic heterocycles. The SMILES string of the molecule is C#CCCC[C@@H](NC(=O)[C@H](Cc1cccc(F)c1)NC(C)=O)C(=O)O. The van der Waals surface area contributed by atoms with Crippen molar-refractivity contribution >= 4 is 17.8 Å². The Morgan fingerprint density at radius 1 is 1.28 bits per heavy atom. The number of carboxylic acids is 1. The molecule has 1 aromatic carbocycles. The van der Waals surface area contributed by atoms with Crippen molar-refractivity contribution in [1.29, 1.82) is 0 Å². The molecular formula is C18H21FN2O4. The topological polar surface area (TPSA) is 95.5 Å². The maximum absolute atomic E-state index is 13.3. The fourth-order valence-corrected chi connectivity index (χ4v) is 2.29. The van der Waals surface area contributed by atoms with Crippen LogP contribution in [0.2, 0.25) is 0 Å². The van der Waals surface area contributed by atoms with Crippen LogP contribution in [-0.4, -0.2) is 35.0 Å². The highest BCUT2D eigenvalue weighted by atomic mass is 19.1. The van der Waals surface area contributed by atoms with E-state index in [2.05, 4.69) is 16.6 Å². The van der Waals surface area contributed by atoms with Gasteiger partial charge in [-0.25, -0.2) is 9.18 Å². The van der Waals surface area contributed by atoms with Crippen LogP contribution in [0.25, 0.3) is 0 Å². The highest BCUT2D eigenvalue weighted by Crippen LogP contribution is 2.08. The maximum atomic E-state index is 13.3. The molecule has 25 heavy (non-hydrogen) atoms. The van der Waals surface area contributed by atoms with Crippen LogP contribution in [0.1, 0.15) is 31.7 Å². The van der Waals surface area contributed by atoms with Crippen molar-refractivity contribution < 1.29 is 23.9 Å². The van der Waals surface area contributed by atoms with Gasteiger partial charge in [-0.2, -0.15) is 0 Å². The lowest BCUT2D eigenvalue weighted by molar-refractivity contribution is -0.142. The number of carbonyl (C=O) groups excluding carboxylic acids is 2. The zero-order valence-corrected chi connectivity index (χ0v) is 13.9. The number of terminal acetylenes is 1. The summed E-state index contributed by atoms with van der Waals surface area (Å²) in [6, 6.07) is 3.52. The Labute approximate surface area is 145 Å². The molecule has 0 unspecified atom stereocenters. The standard InChI is InChI=1S/C18H21FN2O4/c1-3-4-5-9-15(18(24)25)21-17(23)16(20-12(2)22)11-13-7-6-8-14(19)10-13/h1,6-8,10,15-16H,4-5,9,11H2,2H3,(H,20,22)(H,21,23)(H,24,25)/t15-,16+/m1/s1. The second-order valence-electron chi connectivity index (χ2n) is 5.58. The minimum atomic E-state index is -1.18. The van der Waals surface area contributed by atoms with Crippen LogP contribution in [0.4, 0.5) is 4.39 Å². The Balaban J connectivity index is 2.82. The zero-order valence-electron chi connectivity index (χ0n) is 13.9. The normalized spacial score (nSPS) is 12.5. The lowest BCUT2D eigenvalue weighted by Gasteiger charge is -2.21. The van der Waals surface area contributed by atoms with Gasteiger partial charge in [-0.15, -0.1) is 12.3 Å². The van der Waals surface area contributed by atoms with E-state index in [1.54, 1.807) is 6.07 Å². The molecule has 0 spiro atoms. The third kappa shape index (κ3) is 7.48. The van der Waals surface area contributed by atoms with E-state index in [1.807, 2.05) is 0 Å². The molecule has 7 heteroatoms. The Morgan fingerprint density at radius 2 is 2.00 bits per heavy atom. The maximum Gasteiger partial charge on any atom is 0.326 e. The van der Waals surface area contributed by atoms with Gasteiger partial charge in [0.1, 0.15) is 17.9 Å². The first-order valence-electron chi connectivity index (χ1n) is 7.81. The molecular weight excluding hydrogens is 327 g/mol. The quantitative estimate of drug-likeness (QED) is 0.462. The minimum absolute atomic E-state index is 0.0415. The fraction of sp³-hybridized carbons (Fsp3) is 0.389. The van der Waals surface area contributed by atoms with E-state index in [1.165, 1.54) is 25.1 Å². The van der Waals surface area contributed by atoms with Crippen molar-refractivity contribution in [3.8, 4) is 12.3 Å². The van der Waals surface area contributed by atoms with E-state index in [0.717, 1.165) is 0 Å². The second-order valence-corrected chi connectivity index (χ2v) is 5.58. The first-order chi connectivity index (χ1) is 11.8. The Kier molecular flexibility index (Phi) is 8.13. The van der Waals surface area contributed by atoms with Gasteiger partial charge in [0.25, 0.3) is 0 Å². The van der Waals surface area contributed by atoms with Crippen LogP contribution in [0.15, 0.2) is 24.3 Å². The van der Waals surface area contributed by atoms with Gasteiger partial charge in [-0.1, -0.05) is 12.1 Å². The molecule has 2 atom stereocenters. The van der Waals surface area contributed by atoms with Crippen LogP contribution in [0.3, 0.4) is 0 Å². The first kappa shape index (κ1) is 20.2. The minimum Gasteiger partial charge on any atom is -0.480 e.